The van der Waals surface area contributed by atoms with E-state index in [1.165, 1.54) is 0 Å². The third-order valence-electron chi connectivity index (χ3n) is 3.25. The zero-order valence-electron chi connectivity index (χ0n) is 11.4. The first kappa shape index (κ1) is 14.3. The molecule has 0 atom stereocenters. The summed E-state index contributed by atoms with van der Waals surface area (Å²) in [6.45, 7) is 1.08. The van der Waals surface area contributed by atoms with Gasteiger partial charge in [0.05, 0.1) is 11.4 Å². The molecule has 2 N–H and O–H groups in total. The molecule has 0 saturated carbocycles. The fourth-order valence-electron chi connectivity index (χ4n) is 2.31. The second kappa shape index (κ2) is 5.61. The summed E-state index contributed by atoms with van der Waals surface area (Å²) >= 11 is 6.06. The highest BCUT2D eigenvalue weighted by Crippen LogP contribution is 2.30. The number of amides is 3. The van der Waals surface area contributed by atoms with Crippen molar-refractivity contribution in [2.75, 3.05) is 4.90 Å². The third kappa shape index (κ3) is 2.46. The molecule has 22 heavy (non-hydrogen) atoms. The first-order chi connectivity index (χ1) is 10.6. The molecule has 109 valence electrons. The Balaban J connectivity index is 2.25. The van der Waals surface area contributed by atoms with Gasteiger partial charge < -0.3 is 5.73 Å². The number of anilines is 1. The molecule has 2 aromatic carbocycles. The molecule has 0 aromatic heterocycles. The lowest BCUT2D eigenvalue weighted by Crippen LogP contribution is -2.40. The van der Waals surface area contributed by atoms with Crippen LogP contribution in [0, 0.1) is 6.54 Å². The maximum Gasteiger partial charge on any atom is 0.326 e. The van der Waals surface area contributed by atoms with E-state index in [0.29, 0.717) is 22.0 Å². The van der Waals surface area contributed by atoms with Crippen LogP contribution in [-0.2, 0) is 4.79 Å². The largest absolute Gasteiger partial charge is 0.351 e. The van der Waals surface area contributed by atoms with Crippen molar-refractivity contribution in [3.05, 3.63) is 71.2 Å². The van der Waals surface area contributed by atoms with Crippen LogP contribution in [0.5, 0.6) is 0 Å². The lowest BCUT2D eigenvalue weighted by molar-refractivity contribution is -0.114. The van der Waals surface area contributed by atoms with Crippen molar-refractivity contribution < 1.29 is 9.59 Å². The summed E-state index contributed by atoms with van der Waals surface area (Å²) in [6.07, 6.45) is 0. The molecule has 1 aliphatic heterocycles. The van der Waals surface area contributed by atoms with Gasteiger partial charge in [0, 0.05) is 16.1 Å². The van der Waals surface area contributed by atoms with E-state index >= 15 is 0 Å². The SMILES string of the molecule is NC(=O)N1C(=O)[CH]N=C(c2ccccc2)c2cc(Cl)ccc21. The average Bonchev–Trinajstić information content (AvgIpc) is 2.64. The predicted octanol–water partition coefficient (Wildman–Crippen LogP) is 2.76. The minimum absolute atomic E-state index is 0.359. The summed E-state index contributed by atoms with van der Waals surface area (Å²) in [4.78, 5) is 28.8. The fourth-order valence-corrected chi connectivity index (χ4v) is 2.48. The van der Waals surface area contributed by atoms with E-state index in [4.69, 9.17) is 17.3 Å². The van der Waals surface area contributed by atoms with E-state index < -0.39 is 11.9 Å². The van der Waals surface area contributed by atoms with Gasteiger partial charge in [-0.05, 0) is 18.2 Å². The molecule has 3 amide bonds. The van der Waals surface area contributed by atoms with Crippen molar-refractivity contribution in [3.8, 4) is 0 Å². The van der Waals surface area contributed by atoms with Crippen LogP contribution in [0.25, 0.3) is 0 Å². The molecule has 2 aromatic rings. The summed E-state index contributed by atoms with van der Waals surface area (Å²) in [5.41, 5.74) is 7.61. The number of carbonyl (C=O) groups excluding carboxylic acids is 2. The molecule has 1 heterocycles. The second-order valence-electron chi connectivity index (χ2n) is 4.65. The Kier molecular flexibility index (Phi) is 3.65. The van der Waals surface area contributed by atoms with Crippen LogP contribution in [0.4, 0.5) is 10.5 Å². The van der Waals surface area contributed by atoms with Crippen LogP contribution in [0.15, 0.2) is 53.5 Å². The molecule has 0 bridgehead atoms. The molecule has 1 radical (unpaired) electrons. The van der Waals surface area contributed by atoms with Crippen molar-refractivity contribution in [1.29, 1.82) is 0 Å². The number of hydrogen-bond acceptors (Lipinski definition) is 3. The number of rotatable bonds is 1. The first-order valence-electron chi connectivity index (χ1n) is 6.48. The normalized spacial score (nSPS) is 14.1. The van der Waals surface area contributed by atoms with Crippen LogP contribution in [0.2, 0.25) is 5.02 Å². The van der Waals surface area contributed by atoms with E-state index in [1.807, 2.05) is 30.3 Å². The van der Waals surface area contributed by atoms with Crippen molar-refractivity contribution >= 4 is 34.9 Å². The summed E-state index contributed by atoms with van der Waals surface area (Å²) in [5, 5.41) is 0.473. The number of halogens is 1. The number of benzene rings is 2. The molecule has 0 saturated heterocycles. The number of nitrogens with two attached hydrogens (primary N) is 1. The minimum Gasteiger partial charge on any atom is -0.351 e. The second-order valence-corrected chi connectivity index (χ2v) is 5.08. The van der Waals surface area contributed by atoms with Gasteiger partial charge in [-0.3, -0.25) is 9.79 Å². The van der Waals surface area contributed by atoms with Gasteiger partial charge in [-0.25, -0.2) is 9.69 Å². The number of hydrogen-bond donors (Lipinski definition) is 1. The van der Waals surface area contributed by atoms with Gasteiger partial charge in [0.25, 0.3) is 5.91 Å². The smallest absolute Gasteiger partial charge is 0.326 e. The lowest BCUT2D eigenvalue weighted by atomic mass is 10.0. The zero-order chi connectivity index (χ0) is 15.7. The van der Waals surface area contributed by atoms with Crippen molar-refractivity contribution in [2.24, 2.45) is 10.7 Å². The Morgan fingerprint density at radius 3 is 2.55 bits per heavy atom. The topological polar surface area (TPSA) is 75.8 Å². The number of benzodiazepines with no additional fused rings is 1. The van der Waals surface area contributed by atoms with Gasteiger partial charge >= 0.3 is 6.03 Å². The highest BCUT2D eigenvalue weighted by atomic mass is 35.5. The Bertz CT molecular complexity index is 787. The molecule has 5 nitrogen and oxygen atoms in total. The Hall–Kier alpha value is -2.66. The molecular formula is C16H11ClN3O2. The fraction of sp³-hybridized carbons (Fsp3) is 0. The monoisotopic (exact) mass is 312 g/mol. The highest BCUT2D eigenvalue weighted by Gasteiger charge is 2.28. The molecule has 0 spiro atoms. The van der Waals surface area contributed by atoms with Crippen molar-refractivity contribution in [1.82, 2.24) is 0 Å². The van der Waals surface area contributed by atoms with E-state index in [9.17, 15) is 9.59 Å². The van der Waals surface area contributed by atoms with E-state index in [0.717, 1.165) is 17.0 Å². The van der Waals surface area contributed by atoms with Crippen molar-refractivity contribution in [2.45, 2.75) is 0 Å². The number of carbonyl (C=O) groups is 2. The van der Waals surface area contributed by atoms with E-state index in [-0.39, 0.29) is 0 Å². The Morgan fingerprint density at radius 2 is 1.86 bits per heavy atom. The van der Waals surface area contributed by atoms with Gasteiger partial charge in [-0.15, -0.1) is 0 Å². The average molecular weight is 313 g/mol. The number of fused-ring (bicyclic) bond motifs is 1. The van der Waals surface area contributed by atoms with Gasteiger partial charge in [-0.1, -0.05) is 41.9 Å². The first-order valence-corrected chi connectivity index (χ1v) is 6.85. The Labute approximate surface area is 132 Å². The molecule has 0 unspecified atom stereocenters. The minimum atomic E-state index is -0.866. The lowest BCUT2D eigenvalue weighted by Gasteiger charge is -2.19. The highest BCUT2D eigenvalue weighted by molar-refractivity contribution is 6.32. The number of nitrogens with zero attached hydrogens (tertiary/aromatic N) is 2. The predicted molar refractivity (Wildman–Crippen MR) is 84.9 cm³/mol. The maximum absolute atomic E-state index is 12.1. The molecule has 3 rings (SSSR count). The third-order valence-corrected chi connectivity index (χ3v) is 3.48. The zero-order valence-corrected chi connectivity index (χ0v) is 12.1. The van der Waals surface area contributed by atoms with Crippen LogP contribution in [-0.4, -0.2) is 17.6 Å². The Morgan fingerprint density at radius 1 is 1.14 bits per heavy atom. The molecule has 6 heteroatoms. The van der Waals surface area contributed by atoms with Crippen LogP contribution < -0.4 is 10.6 Å². The quantitative estimate of drug-likeness (QED) is 0.879. The number of primary amides is 1. The van der Waals surface area contributed by atoms with Gasteiger partial charge in [0.1, 0.15) is 0 Å². The van der Waals surface area contributed by atoms with E-state index in [2.05, 4.69) is 4.99 Å². The summed E-state index contributed by atoms with van der Waals surface area (Å²) in [5.74, 6) is -0.595. The standard InChI is InChI=1S/C16H11ClN3O2/c17-11-6-7-13-12(8-11)15(10-4-2-1-3-5-10)19-9-14(21)20(13)16(18)22/h1-9H,(H2,18,22). The van der Waals surface area contributed by atoms with Crippen LogP contribution in [0.3, 0.4) is 0 Å². The van der Waals surface area contributed by atoms with Gasteiger partial charge in [0.15, 0.2) is 6.54 Å². The van der Waals surface area contributed by atoms with Gasteiger partial charge in [0.2, 0.25) is 0 Å². The number of urea groups is 1. The van der Waals surface area contributed by atoms with Gasteiger partial charge in [-0.2, -0.15) is 0 Å². The number of imide groups is 1. The molecule has 0 fully saturated rings. The molecule has 0 aliphatic carbocycles. The summed E-state index contributed by atoms with van der Waals surface area (Å²) in [6, 6.07) is 13.3. The molecule has 1 aliphatic rings. The summed E-state index contributed by atoms with van der Waals surface area (Å²) < 4.78 is 0. The van der Waals surface area contributed by atoms with E-state index in [1.54, 1.807) is 18.2 Å². The van der Waals surface area contributed by atoms with Crippen LogP contribution >= 0.6 is 11.6 Å². The maximum atomic E-state index is 12.1. The van der Waals surface area contributed by atoms with Crippen molar-refractivity contribution in [3.63, 3.8) is 0 Å². The number of aliphatic imine (C=N–C) groups is 1. The summed E-state index contributed by atoms with van der Waals surface area (Å²) in [7, 11) is 0. The van der Waals surface area contributed by atoms with Crippen LogP contribution in [0.1, 0.15) is 11.1 Å². The molecular weight excluding hydrogens is 302 g/mol.